The first-order chi connectivity index (χ1) is 12.4. The summed E-state index contributed by atoms with van der Waals surface area (Å²) < 4.78 is 39.6. The molecule has 0 saturated carbocycles. The summed E-state index contributed by atoms with van der Waals surface area (Å²) in [5, 5.41) is 0. The predicted octanol–water partition coefficient (Wildman–Crippen LogP) is 4.03. The fourth-order valence-corrected chi connectivity index (χ4v) is 3.26. The number of aryl methyl sites for hydroxylation is 1. The van der Waals surface area contributed by atoms with Crippen LogP contribution in [0.15, 0.2) is 36.5 Å². The summed E-state index contributed by atoms with van der Waals surface area (Å²) in [5.41, 5.74) is 2.31. The van der Waals surface area contributed by atoms with E-state index >= 15 is 0 Å². The third-order valence-electron chi connectivity index (χ3n) is 4.60. The quantitative estimate of drug-likeness (QED) is 0.709. The monoisotopic (exact) mass is 397 g/mol. The van der Waals surface area contributed by atoms with Gasteiger partial charge in [0.1, 0.15) is 5.82 Å². The summed E-state index contributed by atoms with van der Waals surface area (Å²) in [6, 6.07) is 8.40. The van der Waals surface area contributed by atoms with E-state index in [0.29, 0.717) is 26.2 Å². The minimum Gasteiger partial charge on any atom is -0.353 e. The lowest BCUT2D eigenvalue weighted by atomic mass is 10.2. The van der Waals surface area contributed by atoms with Gasteiger partial charge >= 0.3 is 6.18 Å². The number of aromatic amines is 1. The molecule has 4 rings (SSSR count). The Bertz CT molecular complexity index is 932. The van der Waals surface area contributed by atoms with Gasteiger partial charge in [-0.3, -0.25) is 0 Å². The molecule has 0 spiro atoms. The first-order valence-electron chi connectivity index (χ1n) is 8.40. The average Bonchev–Trinajstić information content (AvgIpc) is 3.04. The van der Waals surface area contributed by atoms with Crippen LogP contribution in [0.4, 0.5) is 24.9 Å². The molecule has 3 aromatic rings. The van der Waals surface area contributed by atoms with Gasteiger partial charge in [-0.25, -0.2) is 9.97 Å². The fraction of sp³-hybridized carbons (Fsp3) is 0.333. The molecule has 0 aliphatic carbocycles. The molecule has 1 aliphatic rings. The molecular formula is C18H19ClF3N5. The number of nitrogens with one attached hydrogen (secondary N) is 1. The zero-order valence-corrected chi connectivity index (χ0v) is 15.4. The van der Waals surface area contributed by atoms with Crippen LogP contribution < -0.4 is 9.80 Å². The second kappa shape index (κ2) is 7.26. The first kappa shape index (κ1) is 19.3. The second-order valence-electron chi connectivity index (χ2n) is 6.43. The molecule has 1 aliphatic heterocycles. The van der Waals surface area contributed by atoms with Crippen molar-refractivity contribution in [1.82, 2.24) is 15.0 Å². The number of benzene rings is 1. The van der Waals surface area contributed by atoms with Gasteiger partial charge in [0.05, 0.1) is 16.6 Å². The Labute approximate surface area is 160 Å². The predicted molar refractivity (Wildman–Crippen MR) is 102 cm³/mol. The molecule has 144 valence electrons. The number of anilines is 2. The summed E-state index contributed by atoms with van der Waals surface area (Å²) in [7, 11) is 0. The maximum Gasteiger partial charge on any atom is 0.419 e. The van der Waals surface area contributed by atoms with Crippen LogP contribution in [0.2, 0.25) is 0 Å². The summed E-state index contributed by atoms with van der Waals surface area (Å²) >= 11 is 0. The largest absolute Gasteiger partial charge is 0.419 e. The van der Waals surface area contributed by atoms with Gasteiger partial charge in [0, 0.05) is 32.4 Å². The van der Waals surface area contributed by atoms with Crippen LogP contribution in [0.1, 0.15) is 11.1 Å². The van der Waals surface area contributed by atoms with Gasteiger partial charge in [-0.05, 0) is 36.8 Å². The number of fused-ring (bicyclic) bond motifs is 1. The minimum atomic E-state index is -4.41. The molecule has 3 heterocycles. The molecule has 1 fully saturated rings. The zero-order valence-electron chi connectivity index (χ0n) is 14.6. The third-order valence-corrected chi connectivity index (χ3v) is 4.60. The number of piperazine rings is 1. The van der Waals surface area contributed by atoms with Crippen LogP contribution in [0.3, 0.4) is 0 Å². The molecule has 0 unspecified atom stereocenters. The number of alkyl halides is 3. The van der Waals surface area contributed by atoms with Crippen molar-refractivity contribution >= 4 is 35.2 Å². The second-order valence-corrected chi connectivity index (χ2v) is 6.43. The molecule has 0 amide bonds. The van der Waals surface area contributed by atoms with Gasteiger partial charge < -0.3 is 14.8 Å². The molecule has 27 heavy (non-hydrogen) atoms. The average molecular weight is 398 g/mol. The van der Waals surface area contributed by atoms with Crippen molar-refractivity contribution in [2.24, 2.45) is 0 Å². The van der Waals surface area contributed by atoms with Gasteiger partial charge in [0.25, 0.3) is 0 Å². The van der Waals surface area contributed by atoms with Crippen molar-refractivity contribution in [2.75, 3.05) is 36.0 Å². The molecular weight excluding hydrogens is 379 g/mol. The lowest BCUT2D eigenvalue weighted by molar-refractivity contribution is -0.137. The van der Waals surface area contributed by atoms with Gasteiger partial charge in [-0.1, -0.05) is 6.07 Å². The number of hydrogen-bond donors (Lipinski definition) is 1. The van der Waals surface area contributed by atoms with Crippen molar-refractivity contribution in [1.29, 1.82) is 0 Å². The molecule has 0 radical (unpaired) electrons. The van der Waals surface area contributed by atoms with E-state index < -0.39 is 11.7 Å². The number of hydrogen-bond acceptors (Lipinski definition) is 4. The van der Waals surface area contributed by atoms with Crippen molar-refractivity contribution in [3.63, 3.8) is 0 Å². The number of halogens is 4. The lowest BCUT2D eigenvalue weighted by Gasteiger charge is -2.36. The Balaban J connectivity index is 0.00000210. The summed E-state index contributed by atoms with van der Waals surface area (Å²) in [6.45, 7) is 4.08. The van der Waals surface area contributed by atoms with E-state index in [9.17, 15) is 13.2 Å². The molecule has 1 N–H and O–H groups in total. The van der Waals surface area contributed by atoms with Crippen LogP contribution in [0.25, 0.3) is 11.0 Å². The van der Waals surface area contributed by atoms with E-state index in [1.807, 2.05) is 25.1 Å². The van der Waals surface area contributed by atoms with Crippen LogP contribution in [-0.2, 0) is 6.18 Å². The maximum absolute atomic E-state index is 13.2. The number of rotatable bonds is 2. The van der Waals surface area contributed by atoms with Gasteiger partial charge in [0.15, 0.2) is 0 Å². The number of aromatic nitrogens is 3. The highest BCUT2D eigenvalue weighted by Gasteiger charge is 2.36. The van der Waals surface area contributed by atoms with E-state index in [2.05, 4.69) is 19.9 Å². The Morgan fingerprint density at radius 2 is 1.74 bits per heavy atom. The van der Waals surface area contributed by atoms with E-state index in [1.165, 1.54) is 12.3 Å². The standard InChI is InChI=1S/C18H18F3N5.ClH/c1-12-4-5-14-15(11-12)24-17(23-14)26-9-7-25(8-10-26)16-13(18(19,20)21)3-2-6-22-16;/h2-6,11H,7-10H2,1H3,(H,23,24);1H. The topological polar surface area (TPSA) is 48.1 Å². The maximum atomic E-state index is 13.2. The van der Waals surface area contributed by atoms with E-state index in [4.69, 9.17) is 0 Å². The zero-order chi connectivity index (χ0) is 18.3. The Hall–Kier alpha value is -2.48. The fourth-order valence-electron chi connectivity index (χ4n) is 3.26. The molecule has 1 saturated heterocycles. The van der Waals surface area contributed by atoms with E-state index in [0.717, 1.165) is 28.6 Å². The Morgan fingerprint density at radius 3 is 2.44 bits per heavy atom. The summed E-state index contributed by atoms with van der Waals surface area (Å²) in [5.74, 6) is 0.752. The van der Waals surface area contributed by atoms with Crippen molar-refractivity contribution < 1.29 is 13.2 Å². The van der Waals surface area contributed by atoms with Gasteiger partial charge in [0.2, 0.25) is 5.95 Å². The van der Waals surface area contributed by atoms with Crippen LogP contribution in [0.5, 0.6) is 0 Å². The molecule has 0 bridgehead atoms. The van der Waals surface area contributed by atoms with Gasteiger partial charge in [-0.15, -0.1) is 12.4 Å². The SMILES string of the molecule is Cc1ccc2nc(N3CCN(c4ncccc4C(F)(F)F)CC3)[nH]c2c1.Cl. The number of nitrogens with zero attached hydrogens (tertiary/aromatic N) is 4. The number of pyridine rings is 1. The highest BCUT2D eigenvalue weighted by molar-refractivity contribution is 5.85. The molecule has 9 heteroatoms. The van der Waals surface area contributed by atoms with Crippen molar-refractivity contribution in [3.05, 3.63) is 47.7 Å². The number of H-pyrrole nitrogens is 1. The van der Waals surface area contributed by atoms with Crippen molar-refractivity contribution in [2.45, 2.75) is 13.1 Å². The smallest absolute Gasteiger partial charge is 0.353 e. The highest BCUT2D eigenvalue weighted by atomic mass is 35.5. The Morgan fingerprint density at radius 1 is 1.04 bits per heavy atom. The summed E-state index contributed by atoms with van der Waals surface area (Å²) in [6.07, 6.45) is -3.00. The van der Waals surface area contributed by atoms with Crippen molar-refractivity contribution in [3.8, 4) is 0 Å². The van der Waals surface area contributed by atoms with E-state index in [1.54, 1.807) is 4.90 Å². The minimum absolute atomic E-state index is 0. The lowest BCUT2D eigenvalue weighted by Crippen LogP contribution is -2.47. The van der Waals surface area contributed by atoms with Crippen LogP contribution in [0, 0.1) is 6.92 Å². The molecule has 5 nitrogen and oxygen atoms in total. The van der Waals surface area contributed by atoms with Gasteiger partial charge in [-0.2, -0.15) is 13.2 Å². The normalized spacial score (nSPS) is 15.1. The molecule has 0 atom stereocenters. The highest BCUT2D eigenvalue weighted by Crippen LogP contribution is 2.35. The van der Waals surface area contributed by atoms with Crippen LogP contribution >= 0.6 is 12.4 Å². The molecule has 2 aromatic heterocycles. The third kappa shape index (κ3) is 3.80. The Kier molecular flexibility index (Phi) is 5.19. The van der Waals surface area contributed by atoms with E-state index in [-0.39, 0.29) is 18.2 Å². The number of imidazole rings is 1. The first-order valence-corrected chi connectivity index (χ1v) is 8.40. The molecule has 1 aromatic carbocycles. The van der Waals surface area contributed by atoms with Crippen LogP contribution in [-0.4, -0.2) is 41.1 Å². The summed E-state index contributed by atoms with van der Waals surface area (Å²) in [4.78, 5) is 15.6.